The average molecular weight is 264 g/mol. The summed E-state index contributed by atoms with van der Waals surface area (Å²) in [4.78, 5) is 8.02. The van der Waals surface area contributed by atoms with Crippen LogP contribution in [0.25, 0.3) is 22.4 Å². The fourth-order valence-electron chi connectivity index (χ4n) is 2.36. The minimum Gasteiger partial charge on any atom is -0.493 e. The molecule has 0 saturated heterocycles. The molecule has 0 spiro atoms. The SMILES string of the molecule is c1ccc(-c2nc3ccccc3[nH]2)c(OCC2CC2)c1. The number of hydrogen-bond acceptors (Lipinski definition) is 2. The molecule has 3 heteroatoms. The van der Waals surface area contributed by atoms with Crippen molar-refractivity contribution in [3.8, 4) is 17.1 Å². The lowest BCUT2D eigenvalue weighted by atomic mass is 10.2. The molecule has 1 heterocycles. The summed E-state index contributed by atoms with van der Waals surface area (Å²) < 4.78 is 5.95. The van der Waals surface area contributed by atoms with E-state index >= 15 is 0 Å². The molecular weight excluding hydrogens is 248 g/mol. The van der Waals surface area contributed by atoms with E-state index in [-0.39, 0.29) is 0 Å². The maximum atomic E-state index is 5.95. The number of aromatic nitrogens is 2. The van der Waals surface area contributed by atoms with Crippen LogP contribution in [0.4, 0.5) is 0 Å². The second-order valence-corrected chi connectivity index (χ2v) is 5.35. The zero-order valence-electron chi connectivity index (χ0n) is 11.2. The molecule has 0 aliphatic heterocycles. The van der Waals surface area contributed by atoms with E-state index in [9.17, 15) is 0 Å². The van der Waals surface area contributed by atoms with Gasteiger partial charge in [-0.2, -0.15) is 0 Å². The summed E-state index contributed by atoms with van der Waals surface area (Å²) in [5, 5.41) is 0. The molecule has 0 atom stereocenters. The van der Waals surface area contributed by atoms with E-state index in [1.165, 1.54) is 12.8 Å². The van der Waals surface area contributed by atoms with Crippen LogP contribution in [-0.2, 0) is 0 Å². The molecule has 0 unspecified atom stereocenters. The van der Waals surface area contributed by atoms with Crippen molar-refractivity contribution in [3.05, 3.63) is 48.5 Å². The fourth-order valence-corrected chi connectivity index (χ4v) is 2.36. The Morgan fingerprint density at radius 3 is 2.70 bits per heavy atom. The van der Waals surface area contributed by atoms with Crippen molar-refractivity contribution >= 4 is 11.0 Å². The van der Waals surface area contributed by atoms with E-state index in [2.05, 4.69) is 16.0 Å². The molecule has 100 valence electrons. The molecule has 3 aromatic rings. The molecule has 1 aliphatic carbocycles. The number of nitrogens with one attached hydrogen (secondary N) is 1. The number of H-pyrrole nitrogens is 1. The Balaban J connectivity index is 1.72. The number of aromatic amines is 1. The van der Waals surface area contributed by atoms with Crippen LogP contribution in [0.1, 0.15) is 12.8 Å². The van der Waals surface area contributed by atoms with Gasteiger partial charge in [-0.05, 0) is 43.0 Å². The molecule has 3 nitrogen and oxygen atoms in total. The van der Waals surface area contributed by atoms with Crippen molar-refractivity contribution in [2.75, 3.05) is 6.61 Å². The Labute approximate surface area is 117 Å². The van der Waals surface area contributed by atoms with Gasteiger partial charge in [0.25, 0.3) is 0 Å². The smallest absolute Gasteiger partial charge is 0.142 e. The van der Waals surface area contributed by atoms with E-state index in [1.54, 1.807) is 0 Å². The van der Waals surface area contributed by atoms with Gasteiger partial charge in [-0.25, -0.2) is 4.98 Å². The van der Waals surface area contributed by atoms with Crippen LogP contribution in [0.3, 0.4) is 0 Å². The maximum absolute atomic E-state index is 5.95. The Hall–Kier alpha value is -2.29. The van der Waals surface area contributed by atoms with Crippen LogP contribution >= 0.6 is 0 Å². The monoisotopic (exact) mass is 264 g/mol. The van der Waals surface area contributed by atoms with Crippen molar-refractivity contribution in [3.63, 3.8) is 0 Å². The second-order valence-electron chi connectivity index (χ2n) is 5.35. The largest absolute Gasteiger partial charge is 0.493 e. The van der Waals surface area contributed by atoms with Crippen LogP contribution in [-0.4, -0.2) is 16.6 Å². The number of rotatable bonds is 4. The highest BCUT2D eigenvalue weighted by molar-refractivity contribution is 5.80. The Bertz CT molecular complexity index is 710. The highest BCUT2D eigenvalue weighted by atomic mass is 16.5. The minimum atomic E-state index is 0.749. The highest BCUT2D eigenvalue weighted by Crippen LogP contribution is 2.33. The molecule has 4 rings (SSSR count). The van der Waals surface area contributed by atoms with Crippen LogP contribution in [0.15, 0.2) is 48.5 Å². The number of ether oxygens (including phenoxy) is 1. The number of imidazole rings is 1. The quantitative estimate of drug-likeness (QED) is 0.773. The Morgan fingerprint density at radius 2 is 1.85 bits per heavy atom. The first-order valence-electron chi connectivity index (χ1n) is 7.07. The maximum Gasteiger partial charge on any atom is 0.142 e. The van der Waals surface area contributed by atoms with E-state index in [0.717, 1.165) is 40.7 Å². The summed E-state index contributed by atoms with van der Waals surface area (Å²) in [5.74, 6) is 2.54. The van der Waals surface area contributed by atoms with Crippen molar-refractivity contribution in [1.82, 2.24) is 9.97 Å². The topological polar surface area (TPSA) is 37.9 Å². The number of para-hydroxylation sites is 3. The summed E-state index contributed by atoms with van der Waals surface area (Å²) >= 11 is 0. The lowest BCUT2D eigenvalue weighted by molar-refractivity contribution is 0.301. The van der Waals surface area contributed by atoms with Gasteiger partial charge in [0.1, 0.15) is 11.6 Å². The third-order valence-corrected chi connectivity index (χ3v) is 3.70. The molecule has 0 bridgehead atoms. The van der Waals surface area contributed by atoms with E-state index < -0.39 is 0 Å². The standard InChI is InChI=1S/C17H16N2O/c1-4-8-16(20-11-12-9-10-12)13(5-1)17-18-14-6-2-3-7-15(14)19-17/h1-8,12H,9-11H2,(H,18,19). The van der Waals surface area contributed by atoms with Gasteiger partial charge >= 0.3 is 0 Å². The third-order valence-electron chi connectivity index (χ3n) is 3.70. The normalized spacial score (nSPS) is 14.6. The summed E-state index contributed by atoms with van der Waals surface area (Å²) in [6.07, 6.45) is 2.60. The lowest BCUT2D eigenvalue weighted by Crippen LogP contribution is -2.00. The number of fused-ring (bicyclic) bond motifs is 1. The molecular formula is C17H16N2O. The summed E-state index contributed by atoms with van der Waals surface area (Å²) in [6.45, 7) is 0.817. The van der Waals surface area contributed by atoms with Crippen molar-refractivity contribution in [2.24, 2.45) is 5.92 Å². The van der Waals surface area contributed by atoms with Gasteiger partial charge in [0.15, 0.2) is 0 Å². The fraction of sp³-hybridized carbons (Fsp3) is 0.235. The van der Waals surface area contributed by atoms with Gasteiger partial charge in [-0.1, -0.05) is 24.3 Å². The van der Waals surface area contributed by atoms with Crippen LogP contribution in [0, 0.1) is 5.92 Å². The van der Waals surface area contributed by atoms with Crippen molar-refractivity contribution in [2.45, 2.75) is 12.8 Å². The Morgan fingerprint density at radius 1 is 1.05 bits per heavy atom. The summed E-state index contributed by atoms with van der Waals surface area (Å²) in [6, 6.07) is 16.2. The lowest BCUT2D eigenvalue weighted by Gasteiger charge is -2.09. The predicted octanol–water partition coefficient (Wildman–Crippen LogP) is 4.02. The molecule has 0 radical (unpaired) electrons. The molecule has 1 aromatic heterocycles. The molecule has 0 amide bonds. The van der Waals surface area contributed by atoms with Crippen molar-refractivity contribution < 1.29 is 4.74 Å². The first kappa shape index (κ1) is 11.5. The van der Waals surface area contributed by atoms with Crippen LogP contribution < -0.4 is 4.74 Å². The van der Waals surface area contributed by atoms with E-state index in [1.807, 2.05) is 42.5 Å². The number of hydrogen-bond donors (Lipinski definition) is 1. The molecule has 1 saturated carbocycles. The van der Waals surface area contributed by atoms with E-state index in [0.29, 0.717) is 0 Å². The van der Waals surface area contributed by atoms with Crippen molar-refractivity contribution in [1.29, 1.82) is 0 Å². The Kier molecular flexibility index (Phi) is 2.69. The number of benzene rings is 2. The second kappa shape index (κ2) is 4.67. The van der Waals surface area contributed by atoms with Gasteiger partial charge in [0.2, 0.25) is 0 Å². The molecule has 1 aliphatic rings. The van der Waals surface area contributed by atoms with E-state index in [4.69, 9.17) is 4.74 Å². The molecule has 20 heavy (non-hydrogen) atoms. The third kappa shape index (κ3) is 2.16. The number of nitrogens with zero attached hydrogens (tertiary/aromatic N) is 1. The average Bonchev–Trinajstić information content (AvgIpc) is 3.22. The van der Waals surface area contributed by atoms with Gasteiger partial charge in [-0.3, -0.25) is 0 Å². The first-order chi connectivity index (χ1) is 9.90. The van der Waals surface area contributed by atoms with Crippen LogP contribution in [0.2, 0.25) is 0 Å². The highest BCUT2D eigenvalue weighted by Gasteiger charge is 2.22. The molecule has 1 N–H and O–H groups in total. The summed E-state index contributed by atoms with van der Waals surface area (Å²) in [5.41, 5.74) is 3.07. The summed E-state index contributed by atoms with van der Waals surface area (Å²) in [7, 11) is 0. The first-order valence-corrected chi connectivity index (χ1v) is 7.07. The zero-order chi connectivity index (χ0) is 13.4. The van der Waals surface area contributed by atoms with Gasteiger partial charge in [-0.15, -0.1) is 0 Å². The van der Waals surface area contributed by atoms with Gasteiger partial charge in [0, 0.05) is 0 Å². The van der Waals surface area contributed by atoms with Crippen LogP contribution in [0.5, 0.6) is 5.75 Å². The zero-order valence-corrected chi connectivity index (χ0v) is 11.2. The molecule has 2 aromatic carbocycles. The van der Waals surface area contributed by atoms with Gasteiger partial charge in [0.05, 0.1) is 23.2 Å². The van der Waals surface area contributed by atoms with Gasteiger partial charge < -0.3 is 9.72 Å². The molecule has 1 fully saturated rings. The predicted molar refractivity (Wildman–Crippen MR) is 79.7 cm³/mol. The minimum absolute atomic E-state index is 0.749.